The normalized spacial score (nSPS) is 21.5. The Bertz CT molecular complexity index is 563. The Hall–Kier alpha value is -1.62. The van der Waals surface area contributed by atoms with Gasteiger partial charge in [-0.05, 0) is 44.5 Å². The highest BCUT2D eigenvalue weighted by Gasteiger charge is 2.18. The molecule has 0 aromatic carbocycles. The highest BCUT2D eigenvalue weighted by atomic mass is 16.1. The number of aromatic nitrogens is 3. The molecule has 5 nitrogen and oxygen atoms in total. The van der Waals surface area contributed by atoms with Crippen molar-refractivity contribution in [2.24, 2.45) is 0 Å². The molecule has 0 amide bonds. The molecular weight excluding hydrogens is 216 g/mol. The molecule has 0 aliphatic carbocycles. The molecule has 1 aliphatic rings. The first-order valence-corrected chi connectivity index (χ1v) is 6.12. The summed E-state index contributed by atoms with van der Waals surface area (Å²) in [6, 6.07) is 4.12. The van der Waals surface area contributed by atoms with E-state index in [0.29, 0.717) is 5.65 Å². The zero-order valence-corrected chi connectivity index (χ0v) is 9.65. The van der Waals surface area contributed by atoms with Gasteiger partial charge in [-0.1, -0.05) is 0 Å². The summed E-state index contributed by atoms with van der Waals surface area (Å²) in [7, 11) is 0. The lowest BCUT2D eigenvalue weighted by atomic mass is 10.1. The van der Waals surface area contributed by atoms with Gasteiger partial charge in [-0.15, -0.1) is 0 Å². The standard InChI is InChI=1S/C12H16N4O/c17-12-15-11-10(4-2-7-14-11)16(12)9-3-1-6-13-8-5-9/h2,4,7,9,13H,1,3,5-6,8H2,(H,14,15,17). The quantitative estimate of drug-likeness (QED) is 0.772. The van der Waals surface area contributed by atoms with E-state index in [1.807, 2.05) is 16.7 Å². The van der Waals surface area contributed by atoms with E-state index in [1.54, 1.807) is 6.20 Å². The molecule has 3 rings (SSSR count). The van der Waals surface area contributed by atoms with Crippen molar-refractivity contribution in [3.8, 4) is 0 Å². The lowest BCUT2D eigenvalue weighted by Gasteiger charge is -2.15. The Morgan fingerprint density at radius 2 is 2.29 bits per heavy atom. The Morgan fingerprint density at radius 1 is 1.35 bits per heavy atom. The molecule has 1 fully saturated rings. The molecule has 0 spiro atoms. The minimum absolute atomic E-state index is 0.0365. The van der Waals surface area contributed by atoms with Crippen LogP contribution in [-0.2, 0) is 0 Å². The van der Waals surface area contributed by atoms with E-state index in [0.717, 1.165) is 37.9 Å². The zero-order valence-electron chi connectivity index (χ0n) is 9.65. The van der Waals surface area contributed by atoms with Gasteiger partial charge in [0.05, 0.1) is 5.52 Å². The SMILES string of the molecule is O=c1[nH]c2ncccc2n1C1CCCNCC1. The molecule has 2 N–H and O–H groups in total. The molecule has 1 saturated heterocycles. The molecule has 2 aromatic rings. The van der Waals surface area contributed by atoms with Crippen LogP contribution in [0.2, 0.25) is 0 Å². The average Bonchev–Trinajstić information content (AvgIpc) is 2.53. The smallest absolute Gasteiger partial charge is 0.317 e. The number of nitrogens with zero attached hydrogens (tertiary/aromatic N) is 2. The molecule has 0 bridgehead atoms. The van der Waals surface area contributed by atoms with Gasteiger partial charge in [-0.3, -0.25) is 9.55 Å². The van der Waals surface area contributed by atoms with Crippen LogP contribution in [0.4, 0.5) is 0 Å². The van der Waals surface area contributed by atoms with Gasteiger partial charge >= 0.3 is 5.69 Å². The minimum Gasteiger partial charge on any atom is -0.317 e. The van der Waals surface area contributed by atoms with Crippen molar-refractivity contribution in [1.29, 1.82) is 0 Å². The number of nitrogens with one attached hydrogen (secondary N) is 2. The van der Waals surface area contributed by atoms with Gasteiger partial charge in [0.25, 0.3) is 0 Å². The van der Waals surface area contributed by atoms with E-state index in [-0.39, 0.29) is 11.7 Å². The third-order valence-corrected chi connectivity index (χ3v) is 3.40. The maximum absolute atomic E-state index is 12.0. The second kappa shape index (κ2) is 4.33. The molecule has 1 atom stereocenters. The molecule has 1 unspecified atom stereocenters. The summed E-state index contributed by atoms with van der Waals surface area (Å²) < 4.78 is 1.87. The molecule has 3 heterocycles. The number of aromatic amines is 1. The van der Waals surface area contributed by atoms with Crippen LogP contribution in [0.3, 0.4) is 0 Å². The first-order chi connectivity index (χ1) is 8.36. The van der Waals surface area contributed by atoms with Crippen LogP contribution in [0, 0.1) is 0 Å². The Morgan fingerprint density at radius 3 is 3.24 bits per heavy atom. The second-order valence-electron chi connectivity index (χ2n) is 4.51. The molecule has 17 heavy (non-hydrogen) atoms. The first kappa shape index (κ1) is 10.5. The van der Waals surface area contributed by atoms with Crippen LogP contribution in [-0.4, -0.2) is 27.6 Å². The molecule has 2 aromatic heterocycles. The minimum atomic E-state index is -0.0365. The number of imidazole rings is 1. The number of pyridine rings is 1. The van der Waals surface area contributed by atoms with Crippen LogP contribution in [0.15, 0.2) is 23.1 Å². The Balaban J connectivity index is 2.09. The average molecular weight is 232 g/mol. The topological polar surface area (TPSA) is 62.7 Å². The van der Waals surface area contributed by atoms with Crippen LogP contribution < -0.4 is 11.0 Å². The van der Waals surface area contributed by atoms with E-state index < -0.39 is 0 Å². The molecule has 0 radical (unpaired) electrons. The summed E-state index contributed by atoms with van der Waals surface area (Å²) >= 11 is 0. The van der Waals surface area contributed by atoms with Crippen molar-refractivity contribution in [2.75, 3.05) is 13.1 Å². The molecule has 90 valence electrons. The van der Waals surface area contributed by atoms with E-state index in [2.05, 4.69) is 15.3 Å². The van der Waals surface area contributed by atoms with E-state index >= 15 is 0 Å². The molecule has 0 saturated carbocycles. The maximum atomic E-state index is 12.0. The summed E-state index contributed by atoms with van der Waals surface area (Å²) in [4.78, 5) is 19.0. The van der Waals surface area contributed by atoms with E-state index in [9.17, 15) is 4.79 Å². The number of H-pyrrole nitrogens is 1. The van der Waals surface area contributed by atoms with Crippen molar-refractivity contribution in [1.82, 2.24) is 19.9 Å². The third-order valence-electron chi connectivity index (χ3n) is 3.40. The van der Waals surface area contributed by atoms with Crippen LogP contribution >= 0.6 is 0 Å². The van der Waals surface area contributed by atoms with E-state index in [4.69, 9.17) is 0 Å². The van der Waals surface area contributed by atoms with Crippen molar-refractivity contribution < 1.29 is 0 Å². The summed E-state index contributed by atoms with van der Waals surface area (Å²) in [6.45, 7) is 2.02. The summed E-state index contributed by atoms with van der Waals surface area (Å²) in [5.74, 6) is 0. The predicted molar refractivity (Wildman–Crippen MR) is 66.1 cm³/mol. The first-order valence-electron chi connectivity index (χ1n) is 6.12. The fourth-order valence-electron chi connectivity index (χ4n) is 2.58. The maximum Gasteiger partial charge on any atom is 0.327 e. The summed E-state index contributed by atoms with van der Waals surface area (Å²) in [5, 5.41) is 3.37. The van der Waals surface area contributed by atoms with Gasteiger partial charge in [0.1, 0.15) is 0 Å². The predicted octanol–water partition coefficient (Wildman–Crippen LogP) is 1.04. The summed E-state index contributed by atoms with van der Waals surface area (Å²) in [5.41, 5.74) is 1.57. The summed E-state index contributed by atoms with van der Waals surface area (Å²) in [6.07, 6.45) is 4.87. The van der Waals surface area contributed by atoms with Crippen LogP contribution in [0.1, 0.15) is 25.3 Å². The number of rotatable bonds is 1. The van der Waals surface area contributed by atoms with E-state index in [1.165, 1.54) is 0 Å². The van der Waals surface area contributed by atoms with Crippen molar-refractivity contribution in [3.05, 3.63) is 28.8 Å². The number of fused-ring (bicyclic) bond motifs is 1. The van der Waals surface area contributed by atoms with Gasteiger partial charge in [-0.2, -0.15) is 0 Å². The third kappa shape index (κ3) is 1.86. The fourth-order valence-corrected chi connectivity index (χ4v) is 2.58. The monoisotopic (exact) mass is 232 g/mol. The lowest BCUT2D eigenvalue weighted by Crippen LogP contribution is -2.23. The Kier molecular flexibility index (Phi) is 2.68. The van der Waals surface area contributed by atoms with Crippen LogP contribution in [0.25, 0.3) is 11.2 Å². The number of hydrogen-bond donors (Lipinski definition) is 2. The van der Waals surface area contributed by atoms with Crippen molar-refractivity contribution >= 4 is 11.2 Å². The van der Waals surface area contributed by atoms with Gasteiger partial charge in [-0.25, -0.2) is 9.78 Å². The van der Waals surface area contributed by atoms with Gasteiger partial charge < -0.3 is 5.32 Å². The van der Waals surface area contributed by atoms with Crippen molar-refractivity contribution in [3.63, 3.8) is 0 Å². The largest absolute Gasteiger partial charge is 0.327 e. The molecule has 1 aliphatic heterocycles. The van der Waals surface area contributed by atoms with Gasteiger partial charge in [0.15, 0.2) is 5.65 Å². The van der Waals surface area contributed by atoms with Gasteiger partial charge in [0, 0.05) is 12.2 Å². The highest BCUT2D eigenvalue weighted by Crippen LogP contribution is 2.21. The van der Waals surface area contributed by atoms with Crippen molar-refractivity contribution in [2.45, 2.75) is 25.3 Å². The number of hydrogen-bond acceptors (Lipinski definition) is 3. The second-order valence-corrected chi connectivity index (χ2v) is 4.51. The van der Waals surface area contributed by atoms with Gasteiger partial charge in [0.2, 0.25) is 0 Å². The lowest BCUT2D eigenvalue weighted by molar-refractivity contribution is 0.454. The fraction of sp³-hybridized carbons (Fsp3) is 0.500. The highest BCUT2D eigenvalue weighted by molar-refractivity contribution is 5.70. The van der Waals surface area contributed by atoms with Crippen LogP contribution in [0.5, 0.6) is 0 Å². The Labute approximate surface area is 98.9 Å². The molecular formula is C12H16N4O. The zero-order chi connectivity index (χ0) is 11.7. The molecule has 5 heteroatoms.